The van der Waals surface area contributed by atoms with E-state index in [9.17, 15) is 14.4 Å². The Morgan fingerprint density at radius 2 is 1.85 bits per heavy atom. The summed E-state index contributed by atoms with van der Waals surface area (Å²) in [6, 6.07) is -0.752. The van der Waals surface area contributed by atoms with Crippen LogP contribution in [0.1, 0.15) is 57.8 Å². The second-order valence-electron chi connectivity index (χ2n) is 9.00. The van der Waals surface area contributed by atoms with Gasteiger partial charge in [0.05, 0.1) is 6.42 Å². The minimum Gasteiger partial charge on any atom is -0.353 e. The fraction of sp³-hybridized carbons (Fsp3) is 0.864. The molecule has 190 valence electrons. The second kappa shape index (κ2) is 15.4. The van der Waals surface area contributed by atoms with Crippen LogP contribution in [0.15, 0.2) is 0 Å². The van der Waals surface area contributed by atoms with Gasteiger partial charge in [0.25, 0.3) is 0 Å². The van der Waals surface area contributed by atoms with Crippen molar-refractivity contribution in [1.29, 1.82) is 0 Å². The lowest BCUT2D eigenvalue weighted by Gasteiger charge is -2.40. The third-order valence-corrected chi connectivity index (χ3v) is 10.3. The van der Waals surface area contributed by atoms with E-state index in [4.69, 9.17) is 5.73 Å². The van der Waals surface area contributed by atoms with Crippen molar-refractivity contribution in [2.45, 2.75) is 86.4 Å². The van der Waals surface area contributed by atoms with E-state index in [1.807, 2.05) is 21.6 Å². The summed E-state index contributed by atoms with van der Waals surface area (Å²) in [6.07, 6.45) is 6.64. The van der Waals surface area contributed by atoms with Gasteiger partial charge in [-0.25, -0.2) is 0 Å². The van der Waals surface area contributed by atoms with Crippen molar-refractivity contribution in [1.82, 2.24) is 20.9 Å². The summed E-state index contributed by atoms with van der Waals surface area (Å²) in [4.78, 5) is 40.0. The topological polar surface area (TPSA) is 117 Å². The van der Waals surface area contributed by atoms with Crippen molar-refractivity contribution >= 4 is 51.9 Å². The van der Waals surface area contributed by atoms with Gasteiger partial charge in [-0.15, -0.1) is 0 Å². The fourth-order valence-electron chi connectivity index (χ4n) is 4.22. The van der Waals surface area contributed by atoms with Gasteiger partial charge < -0.3 is 26.6 Å². The van der Waals surface area contributed by atoms with E-state index in [0.717, 1.165) is 50.7 Å². The third-order valence-electron chi connectivity index (χ3n) is 6.27. The van der Waals surface area contributed by atoms with Gasteiger partial charge in [0, 0.05) is 49.1 Å². The van der Waals surface area contributed by atoms with E-state index < -0.39 is 6.04 Å². The van der Waals surface area contributed by atoms with Crippen LogP contribution in [0.2, 0.25) is 0 Å². The number of thiol groups is 1. The monoisotopic (exact) mass is 519 g/mol. The first-order chi connectivity index (χ1) is 15.8. The van der Waals surface area contributed by atoms with Crippen LogP contribution >= 0.6 is 34.2 Å². The maximum atomic E-state index is 12.9. The molecule has 1 heterocycles. The zero-order valence-corrected chi connectivity index (χ0v) is 22.4. The Hall–Kier alpha value is -0.620. The predicted octanol–water partition coefficient (Wildman–Crippen LogP) is 1.55. The molecule has 0 aromatic carbocycles. The highest BCUT2D eigenvalue weighted by Crippen LogP contribution is 2.52. The molecule has 5 atom stereocenters. The van der Waals surface area contributed by atoms with Crippen LogP contribution in [-0.2, 0) is 14.4 Å². The zero-order valence-electron chi connectivity index (χ0n) is 19.9. The van der Waals surface area contributed by atoms with Crippen LogP contribution < -0.4 is 21.7 Å². The molecule has 2 fully saturated rings. The molecule has 11 heteroatoms. The molecule has 0 aromatic rings. The summed E-state index contributed by atoms with van der Waals surface area (Å²) in [5, 5.41) is 10.2. The van der Waals surface area contributed by atoms with Gasteiger partial charge in [-0.1, -0.05) is 28.0 Å². The van der Waals surface area contributed by atoms with Gasteiger partial charge in [-0.3, -0.25) is 14.4 Å². The normalized spacial score (nSPS) is 25.6. The molecule has 33 heavy (non-hydrogen) atoms. The number of rotatable bonds is 13. The van der Waals surface area contributed by atoms with Crippen molar-refractivity contribution in [2.75, 3.05) is 32.9 Å². The molecule has 1 aliphatic heterocycles. The number of unbranched alkanes of at least 4 members (excludes halogenated alkanes) is 2. The second-order valence-corrected chi connectivity index (χ2v) is 12.2. The Labute approximate surface area is 211 Å². The highest BCUT2D eigenvalue weighted by atomic mass is 33.1. The minimum atomic E-state index is -0.829. The average Bonchev–Trinajstić information content (AvgIpc) is 2.76. The lowest BCUT2D eigenvalue weighted by atomic mass is 9.92. The number of carbonyl (C=O) groups is 3. The zero-order chi connectivity index (χ0) is 24.2. The molecule has 3 amide bonds. The standard InChI is InChI=1S/C22H41N5O3S3/c1-24-9-10-25-22(30)17(27(2)21(29)6-4-3-5-11-31)14-20(28)26-16-7-8-18-19(33-32-18)13-15(23)12-16/h15-19,24,31H,3-14,23H2,1-2H3,(H,25,30)(H,26,28). The summed E-state index contributed by atoms with van der Waals surface area (Å²) in [7, 11) is 7.27. The highest BCUT2D eigenvalue weighted by molar-refractivity contribution is 8.80. The van der Waals surface area contributed by atoms with Crippen molar-refractivity contribution in [3.8, 4) is 0 Å². The lowest BCUT2D eigenvalue weighted by Crippen LogP contribution is -2.52. The molecule has 2 aliphatic rings. The van der Waals surface area contributed by atoms with Crippen molar-refractivity contribution < 1.29 is 14.4 Å². The molecule has 0 spiro atoms. The summed E-state index contributed by atoms with van der Waals surface area (Å²) in [5.74, 6) is 0.175. The number of likely N-dealkylation sites (N-methyl/N-ethyl adjacent to an activating group) is 2. The molecule has 1 saturated carbocycles. The molecule has 0 aromatic heterocycles. The number of nitrogens with zero attached hydrogens (tertiary/aromatic N) is 1. The third kappa shape index (κ3) is 9.87. The number of hydrogen-bond donors (Lipinski definition) is 5. The Balaban J connectivity index is 1.94. The van der Waals surface area contributed by atoms with E-state index in [1.54, 1.807) is 14.1 Å². The predicted molar refractivity (Wildman–Crippen MR) is 142 cm³/mol. The molecule has 0 radical (unpaired) electrons. The van der Waals surface area contributed by atoms with Gasteiger partial charge in [0.15, 0.2) is 0 Å². The SMILES string of the molecule is CNCCNC(=O)C(CC(=O)NC1CCC2SSC2CC(N)C1)N(C)C(=O)CCCCCS. The first kappa shape index (κ1) is 28.6. The number of fused-ring (bicyclic) bond motifs is 1. The van der Waals surface area contributed by atoms with Gasteiger partial charge in [0.2, 0.25) is 17.7 Å². The largest absolute Gasteiger partial charge is 0.353 e. The molecular formula is C22H41N5O3S3. The summed E-state index contributed by atoms with van der Waals surface area (Å²) < 4.78 is 0. The van der Waals surface area contributed by atoms with Gasteiger partial charge in [0.1, 0.15) is 6.04 Å². The Bertz CT molecular complexity index is 642. The molecule has 8 nitrogen and oxygen atoms in total. The summed E-state index contributed by atoms with van der Waals surface area (Å²) >= 11 is 4.20. The molecule has 1 saturated heterocycles. The molecule has 0 bridgehead atoms. The van der Waals surface area contributed by atoms with Gasteiger partial charge >= 0.3 is 0 Å². The fourth-order valence-corrected chi connectivity index (χ4v) is 7.48. The Morgan fingerprint density at radius 3 is 2.52 bits per heavy atom. The molecule has 5 unspecified atom stereocenters. The maximum absolute atomic E-state index is 12.9. The average molecular weight is 520 g/mol. The van der Waals surface area contributed by atoms with Crippen LogP contribution in [0.4, 0.5) is 0 Å². The summed E-state index contributed by atoms with van der Waals surface area (Å²) in [6.45, 7) is 1.05. The highest BCUT2D eigenvalue weighted by Gasteiger charge is 2.37. The van der Waals surface area contributed by atoms with Crippen LogP contribution in [0.25, 0.3) is 0 Å². The number of carbonyl (C=O) groups excluding carboxylic acids is 3. The Kier molecular flexibility index (Phi) is 13.3. The lowest BCUT2D eigenvalue weighted by molar-refractivity contribution is -0.141. The maximum Gasteiger partial charge on any atom is 0.243 e. The molecule has 5 N–H and O–H groups in total. The van der Waals surface area contributed by atoms with Crippen LogP contribution in [0.3, 0.4) is 0 Å². The van der Waals surface area contributed by atoms with Crippen molar-refractivity contribution in [3.63, 3.8) is 0 Å². The van der Waals surface area contributed by atoms with Crippen LogP contribution in [0, 0.1) is 0 Å². The van der Waals surface area contributed by atoms with E-state index in [1.165, 1.54) is 4.90 Å². The Morgan fingerprint density at radius 1 is 1.09 bits per heavy atom. The first-order valence-corrected chi connectivity index (χ1v) is 14.9. The van der Waals surface area contributed by atoms with E-state index in [-0.39, 0.29) is 36.2 Å². The van der Waals surface area contributed by atoms with Crippen LogP contribution in [0.5, 0.6) is 0 Å². The number of nitrogens with one attached hydrogen (secondary N) is 3. The van der Waals surface area contributed by atoms with Crippen molar-refractivity contribution in [2.24, 2.45) is 5.73 Å². The number of hydrogen-bond acceptors (Lipinski definition) is 8. The smallest absolute Gasteiger partial charge is 0.243 e. The van der Waals surface area contributed by atoms with Crippen LogP contribution in [-0.4, -0.2) is 84.2 Å². The molecule has 1 aliphatic carbocycles. The van der Waals surface area contributed by atoms with E-state index in [0.29, 0.717) is 30.0 Å². The molecule has 2 rings (SSSR count). The van der Waals surface area contributed by atoms with Gasteiger partial charge in [-0.05, 0) is 51.3 Å². The number of nitrogens with two attached hydrogens (primary N) is 1. The van der Waals surface area contributed by atoms with E-state index >= 15 is 0 Å². The quantitative estimate of drug-likeness (QED) is 0.142. The first-order valence-electron chi connectivity index (χ1n) is 12.0. The molecular weight excluding hydrogens is 478 g/mol. The number of amides is 3. The minimum absolute atomic E-state index is 0.00916. The van der Waals surface area contributed by atoms with Crippen molar-refractivity contribution in [3.05, 3.63) is 0 Å². The summed E-state index contributed by atoms with van der Waals surface area (Å²) in [5.41, 5.74) is 6.33. The van der Waals surface area contributed by atoms with E-state index in [2.05, 4.69) is 28.6 Å². The van der Waals surface area contributed by atoms with Gasteiger partial charge in [-0.2, -0.15) is 12.6 Å².